The van der Waals surface area contributed by atoms with Gasteiger partial charge in [-0.1, -0.05) is 46.9 Å². The smallest absolute Gasteiger partial charge is 0.244 e. The Labute approximate surface area is 148 Å². The van der Waals surface area contributed by atoms with E-state index in [4.69, 9.17) is 34.8 Å². The van der Waals surface area contributed by atoms with Gasteiger partial charge in [-0.3, -0.25) is 9.59 Å². The predicted octanol–water partition coefficient (Wildman–Crippen LogP) is 4.64. The molecule has 1 N–H and O–H groups in total. The number of hydrogen-bond acceptors (Lipinski definition) is 2. The van der Waals surface area contributed by atoms with Crippen molar-refractivity contribution in [3.05, 3.63) is 57.5 Å². The third-order valence-electron chi connectivity index (χ3n) is 3.01. The summed E-state index contributed by atoms with van der Waals surface area (Å²) in [5.41, 5.74) is 0.927. The zero-order chi connectivity index (χ0) is 17.0. The van der Waals surface area contributed by atoms with Crippen LogP contribution in [0, 0.1) is 0 Å². The summed E-state index contributed by atoms with van der Waals surface area (Å²) in [4.78, 5) is 25.3. The van der Waals surface area contributed by atoms with E-state index in [2.05, 4.69) is 5.32 Å². The summed E-state index contributed by atoms with van der Waals surface area (Å²) >= 11 is 18.0. The second-order valence-electron chi connectivity index (χ2n) is 4.74. The van der Waals surface area contributed by atoms with Gasteiger partial charge in [-0.15, -0.1) is 0 Å². The number of benzene rings is 2. The van der Waals surface area contributed by atoms with Gasteiger partial charge in [-0.05, 0) is 30.3 Å². The minimum Gasteiger partial charge on any atom is -0.324 e. The molecule has 2 amide bonds. The third-order valence-corrected chi connectivity index (χ3v) is 4.06. The lowest BCUT2D eigenvalue weighted by atomic mass is 10.2. The number of carbonyl (C=O) groups is 2. The molecule has 0 radical (unpaired) electrons. The summed E-state index contributed by atoms with van der Waals surface area (Å²) in [6, 6.07) is 11.6. The average molecular weight is 372 g/mol. The number of carbonyl (C=O) groups excluding carboxylic acids is 2. The van der Waals surface area contributed by atoms with Gasteiger partial charge in [-0.2, -0.15) is 0 Å². The fraction of sp³-hybridized carbons (Fsp3) is 0.125. The molecular weight excluding hydrogens is 359 g/mol. The van der Waals surface area contributed by atoms with Gasteiger partial charge in [0.1, 0.15) is 6.54 Å². The molecule has 2 aromatic rings. The van der Waals surface area contributed by atoms with E-state index in [0.717, 1.165) is 0 Å². The molecule has 2 aromatic carbocycles. The van der Waals surface area contributed by atoms with Gasteiger partial charge in [0.05, 0.1) is 15.7 Å². The Bertz CT molecular complexity index is 750. The van der Waals surface area contributed by atoms with E-state index in [9.17, 15) is 9.59 Å². The Hall–Kier alpha value is -1.75. The lowest BCUT2D eigenvalue weighted by Crippen LogP contribution is -2.36. The van der Waals surface area contributed by atoms with Gasteiger partial charge < -0.3 is 10.2 Å². The fourth-order valence-corrected chi connectivity index (χ4v) is 2.57. The zero-order valence-electron chi connectivity index (χ0n) is 12.1. The average Bonchev–Trinajstić information content (AvgIpc) is 2.48. The lowest BCUT2D eigenvalue weighted by Gasteiger charge is -2.22. The number of rotatable bonds is 4. The number of amides is 2. The topological polar surface area (TPSA) is 49.4 Å². The minimum atomic E-state index is -0.376. The number of anilines is 2. The van der Waals surface area contributed by atoms with E-state index in [-0.39, 0.29) is 23.4 Å². The molecule has 0 bridgehead atoms. The monoisotopic (exact) mass is 370 g/mol. The lowest BCUT2D eigenvalue weighted by molar-refractivity contribution is -0.120. The molecular formula is C16H13Cl3N2O2. The van der Waals surface area contributed by atoms with E-state index < -0.39 is 0 Å². The largest absolute Gasteiger partial charge is 0.324 e. The third kappa shape index (κ3) is 4.61. The molecule has 0 heterocycles. The normalized spacial score (nSPS) is 10.3. The highest BCUT2D eigenvalue weighted by molar-refractivity contribution is 6.44. The molecule has 0 fully saturated rings. The molecule has 2 rings (SSSR count). The second-order valence-corrected chi connectivity index (χ2v) is 5.96. The van der Waals surface area contributed by atoms with Crippen LogP contribution in [0.15, 0.2) is 42.5 Å². The number of halogens is 3. The molecule has 23 heavy (non-hydrogen) atoms. The summed E-state index contributed by atoms with van der Waals surface area (Å²) < 4.78 is 0. The van der Waals surface area contributed by atoms with Gasteiger partial charge >= 0.3 is 0 Å². The highest BCUT2D eigenvalue weighted by atomic mass is 35.5. The van der Waals surface area contributed by atoms with Crippen LogP contribution in [0.4, 0.5) is 11.4 Å². The van der Waals surface area contributed by atoms with Crippen LogP contribution in [0.3, 0.4) is 0 Å². The standard InChI is InChI=1S/C16H13Cl3N2O2/c1-10(22)21(14-7-3-6-13(18)16(14)19)9-15(23)20-12-5-2-4-11(17)8-12/h2-8H,9H2,1H3,(H,20,23). The van der Waals surface area contributed by atoms with Crippen molar-refractivity contribution < 1.29 is 9.59 Å². The molecule has 0 saturated carbocycles. The molecule has 0 atom stereocenters. The van der Waals surface area contributed by atoms with Crippen LogP contribution in [0.25, 0.3) is 0 Å². The van der Waals surface area contributed by atoms with E-state index in [1.54, 1.807) is 42.5 Å². The molecule has 0 unspecified atom stereocenters. The van der Waals surface area contributed by atoms with Crippen molar-refractivity contribution in [2.45, 2.75) is 6.92 Å². The quantitative estimate of drug-likeness (QED) is 0.851. The first-order valence-electron chi connectivity index (χ1n) is 6.66. The maximum atomic E-state index is 12.2. The van der Waals surface area contributed by atoms with E-state index in [1.807, 2.05) is 0 Å². The van der Waals surface area contributed by atoms with Crippen molar-refractivity contribution in [2.24, 2.45) is 0 Å². The van der Waals surface area contributed by atoms with Crippen molar-refractivity contribution in [1.29, 1.82) is 0 Å². The van der Waals surface area contributed by atoms with Crippen LogP contribution in [0.5, 0.6) is 0 Å². The fourth-order valence-electron chi connectivity index (χ4n) is 1.98. The molecule has 4 nitrogen and oxygen atoms in total. The van der Waals surface area contributed by atoms with Crippen molar-refractivity contribution in [2.75, 3.05) is 16.8 Å². The van der Waals surface area contributed by atoms with Crippen molar-refractivity contribution in [1.82, 2.24) is 0 Å². The van der Waals surface area contributed by atoms with E-state index in [0.29, 0.717) is 21.4 Å². The zero-order valence-corrected chi connectivity index (χ0v) is 14.4. The summed E-state index contributed by atoms with van der Waals surface area (Å²) in [6.45, 7) is 1.16. The Morgan fingerprint density at radius 2 is 1.78 bits per heavy atom. The van der Waals surface area contributed by atoms with Gasteiger partial charge in [-0.25, -0.2) is 0 Å². The summed E-state index contributed by atoms with van der Waals surface area (Å²) in [6.07, 6.45) is 0. The maximum Gasteiger partial charge on any atom is 0.244 e. The van der Waals surface area contributed by atoms with Crippen LogP contribution in [-0.2, 0) is 9.59 Å². The highest BCUT2D eigenvalue weighted by Gasteiger charge is 2.19. The van der Waals surface area contributed by atoms with Gasteiger partial charge in [0.2, 0.25) is 11.8 Å². The molecule has 0 aliphatic rings. The Morgan fingerprint density at radius 3 is 2.43 bits per heavy atom. The van der Waals surface area contributed by atoms with Crippen LogP contribution >= 0.6 is 34.8 Å². The maximum absolute atomic E-state index is 12.2. The highest BCUT2D eigenvalue weighted by Crippen LogP contribution is 2.32. The first-order valence-corrected chi connectivity index (χ1v) is 7.79. The Kier molecular flexibility index (Phi) is 5.88. The predicted molar refractivity (Wildman–Crippen MR) is 94.6 cm³/mol. The van der Waals surface area contributed by atoms with Crippen LogP contribution in [0.2, 0.25) is 15.1 Å². The van der Waals surface area contributed by atoms with Gasteiger partial charge in [0, 0.05) is 17.6 Å². The number of nitrogens with zero attached hydrogens (tertiary/aromatic N) is 1. The summed E-state index contributed by atoms with van der Waals surface area (Å²) in [5.74, 6) is -0.700. The van der Waals surface area contributed by atoms with E-state index in [1.165, 1.54) is 11.8 Å². The molecule has 0 spiro atoms. The second kappa shape index (κ2) is 7.68. The number of nitrogens with one attached hydrogen (secondary N) is 1. The van der Waals surface area contributed by atoms with E-state index >= 15 is 0 Å². The SMILES string of the molecule is CC(=O)N(CC(=O)Nc1cccc(Cl)c1)c1cccc(Cl)c1Cl. The first-order chi connectivity index (χ1) is 10.9. The van der Waals surface area contributed by atoms with Gasteiger partial charge in [0.25, 0.3) is 0 Å². The molecule has 7 heteroatoms. The molecule has 0 saturated heterocycles. The molecule has 0 aromatic heterocycles. The molecule has 120 valence electrons. The van der Waals surface area contributed by atoms with Crippen molar-refractivity contribution >= 4 is 58.0 Å². The Balaban J connectivity index is 2.18. The summed E-state index contributed by atoms with van der Waals surface area (Å²) in [5, 5.41) is 3.72. The van der Waals surface area contributed by atoms with Crippen molar-refractivity contribution in [3.8, 4) is 0 Å². The van der Waals surface area contributed by atoms with Gasteiger partial charge in [0.15, 0.2) is 0 Å². The first kappa shape index (κ1) is 17.6. The van der Waals surface area contributed by atoms with Crippen LogP contribution in [-0.4, -0.2) is 18.4 Å². The Morgan fingerprint density at radius 1 is 1.09 bits per heavy atom. The minimum absolute atomic E-state index is 0.193. The van der Waals surface area contributed by atoms with Crippen molar-refractivity contribution in [3.63, 3.8) is 0 Å². The van der Waals surface area contributed by atoms with Crippen LogP contribution < -0.4 is 10.2 Å². The number of hydrogen-bond donors (Lipinski definition) is 1. The van der Waals surface area contributed by atoms with Crippen LogP contribution in [0.1, 0.15) is 6.92 Å². The molecule has 0 aliphatic carbocycles. The molecule has 0 aliphatic heterocycles. The summed E-state index contributed by atoms with van der Waals surface area (Å²) in [7, 11) is 0.